The molecule has 1 aromatic rings. The van der Waals surface area contributed by atoms with E-state index in [-0.39, 0.29) is 11.6 Å². The molecule has 0 spiro atoms. The van der Waals surface area contributed by atoms with Crippen molar-refractivity contribution in [2.45, 2.75) is 13.3 Å². The van der Waals surface area contributed by atoms with Crippen molar-refractivity contribution in [3.8, 4) is 5.75 Å². The fraction of sp³-hybridized carbons (Fsp3) is 0.300. The lowest BCUT2D eigenvalue weighted by Crippen LogP contribution is -2.12. The lowest BCUT2D eigenvalue weighted by molar-refractivity contribution is 0.476. The Hall–Kier alpha value is -1.22. The molecule has 14 heavy (non-hydrogen) atoms. The van der Waals surface area contributed by atoms with Gasteiger partial charge in [0.2, 0.25) is 0 Å². The molecule has 0 saturated heterocycles. The molecule has 1 aromatic carbocycles. The van der Waals surface area contributed by atoms with Gasteiger partial charge in [-0.1, -0.05) is 13.0 Å². The summed E-state index contributed by atoms with van der Waals surface area (Å²) in [4.78, 5) is 4.00. The van der Waals surface area contributed by atoms with Crippen LogP contribution in [0.15, 0.2) is 23.2 Å². The number of nitrogens with zero attached hydrogens (tertiary/aromatic N) is 1. The number of amidine groups is 1. The minimum Gasteiger partial charge on any atom is -0.506 e. The van der Waals surface area contributed by atoms with Crippen LogP contribution in [0.5, 0.6) is 5.75 Å². The second-order valence-electron chi connectivity index (χ2n) is 2.91. The van der Waals surface area contributed by atoms with Crippen molar-refractivity contribution >= 4 is 23.1 Å². The number of aryl methyl sites for hydroxylation is 1. The van der Waals surface area contributed by atoms with Gasteiger partial charge >= 0.3 is 0 Å². The summed E-state index contributed by atoms with van der Waals surface area (Å²) < 4.78 is 0. The van der Waals surface area contributed by atoms with E-state index in [2.05, 4.69) is 4.99 Å². The Morgan fingerprint density at radius 3 is 2.86 bits per heavy atom. The number of hydrogen-bond donors (Lipinski definition) is 2. The van der Waals surface area contributed by atoms with E-state index >= 15 is 0 Å². The molecule has 3 nitrogen and oxygen atoms in total. The first-order valence-corrected chi connectivity index (χ1v) is 4.91. The third-order valence-corrected chi connectivity index (χ3v) is 2.12. The fourth-order valence-electron chi connectivity index (χ4n) is 1.06. The number of aliphatic imine (C=N–C) groups is 1. The largest absolute Gasteiger partial charge is 0.506 e. The highest BCUT2D eigenvalue weighted by atomic mass is 35.5. The van der Waals surface area contributed by atoms with Crippen molar-refractivity contribution in [1.29, 1.82) is 0 Å². The Balaban J connectivity index is 3.06. The van der Waals surface area contributed by atoms with Crippen LogP contribution in [0.3, 0.4) is 0 Å². The maximum absolute atomic E-state index is 9.47. The third kappa shape index (κ3) is 2.64. The van der Waals surface area contributed by atoms with Gasteiger partial charge in [0.15, 0.2) is 0 Å². The number of aromatic hydroxyl groups is 1. The number of phenols is 1. The number of nitrogens with two attached hydrogens (primary N) is 1. The van der Waals surface area contributed by atoms with E-state index in [1.165, 1.54) is 0 Å². The molecule has 0 unspecified atom stereocenters. The summed E-state index contributed by atoms with van der Waals surface area (Å²) >= 11 is 5.49. The number of benzene rings is 1. The van der Waals surface area contributed by atoms with Gasteiger partial charge in [-0.2, -0.15) is 0 Å². The van der Waals surface area contributed by atoms with Crippen LogP contribution in [-0.4, -0.2) is 16.8 Å². The van der Waals surface area contributed by atoms with Crippen molar-refractivity contribution in [2.75, 3.05) is 5.88 Å². The van der Waals surface area contributed by atoms with Crippen molar-refractivity contribution in [2.24, 2.45) is 10.7 Å². The van der Waals surface area contributed by atoms with Crippen LogP contribution in [0.4, 0.5) is 5.69 Å². The lowest BCUT2D eigenvalue weighted by atomic mass is 10.1. The highest BCUT2D eigenvalue weighted by Gasteiger charge is 2.01. The van der Waals surface area contributed by atoms with E-state index < -0.39 is 0 Å². The molecule has 1 rings (SSSR count). The number of halogens is 1. The quantitative estimate of drug-likeness (QED) is 0.458. The van der Waals surface area contributed by atoms with Crippen LogP contribution in [0.1, 0.15) is 12.5 Å². The molecule has 3 N–H and O–H groups in total. The lowest BCUT2D eigenvalue weighted by Gasteiger charge is -2.02. The van der Waals surface area contributed by atoms with Gasteiger partial charge in [0, 0.05) is 0 Å². The number of alkyl halides is 1. The van der Waals surface area contributed by atoms with Crippen LogP contribution in [-0.2, 0) is 6.42 Å². The minimum absolute atomic E-state index is 0.121. The predicted octanol–water partition coefficient (Wildman–Crippen LogP) is 2.18. The molecular weight excluding hydrogens is 200 g/mol. The maximum atomic E-state index is 9.47. The molecule has 0 aliphatic carbocycles. The van der Waals surface area contributed by atoms with E-state index in [1.54, 1.807) is 12.1 Å². The average Bonchev–Trinajstić information content (AvgIpc) is 2.21. The highest BCUT2D eigenvalue weighted by Crippen LogP contribution is 2.27. The summed E-state index contributed by atoms with van der Waals surface area (Å²) in [5.74, 6) is 0.584. The molecule has 0 saturated carbocycles. The van der Waals surface area contributed by atoms with Crippen molar-refractivity contribution < 1.29 is 5.11 Å². The van der Waals surface area contributed by atoms with Gasteiger partial charge in [-0.3, -0.25) is 0 Å². The highest BCUT2D eigenvalue weighted by molar-refractivity contribution is 6.28. The van der Waals surface area contributed by atoms with E-state index in [0.29, 0.717) is 11.5 Å². The topological polar surface area (TPSA) is 58.6 Å². The maximum Gasteiger partial charge on any atom is 0.141 e. The Morgan fingerprint density at radius 1 is 1.57 bits per heavy atom. The number of phenolic OH excluding ortho intramolecular Hbond substituents is 1. The summed E-state index contributed by atoms with van der Waals surface area (Å²) in [5, 5.41) is 9.47. The molecule has 0 aliphatic heterocycles. The SMILES string of the molecule is CCc1ccc(O)c(N=C(N)CCl)c1. The monoisotopic (exact) mass is 212 g/mol. The first kappa shape index (κ1) is 10.9. The van der Waals surface area contributed by atoms with Gasteiger partial charge in [0.1, 0.15) is 17.3 Å². The predicted molar refractivity (Wildman–Crippen MR) is 59.5 cm³/mol. The Labute approximate surface area is 88.2 Å². The van der Waals surface area contributed by atoms with Gasteiger partial charge in [0.05, 0.1) is 5.88 Å². The Bertz CT molecular complexity index is 350. The van der Waals surface area contributed by atoms with Crippen LogP contribution >= 0.6 is 11.6 Å². The summed E-state index contributed by atoms with van der Waals surface area (Å²) in [6, 6.07) is 5.26. The van der Waals surface area contributed by atoms with Gasteiger partial charge in [0.25, 0.3) is 0 Å². The standard InChI is InChI=1S/C10H13ClN2O/c1-2-7-3-4-9(14)8(5-7)13-10(12)6-11/h3-5,14H,2,6H2,1H3,(H2,12,13). The minimum atomic E-state index is 0.121. The van der Waals surface area contributed by atoms with E-state index in [0.717, 1.165) is 12.0 Å². The molecule has 0 radical (unpaired) electrons. The average molecular weight is 213 g/mol. The van der Waals surface area contributed by atoms with Crippen LogP contribution in [0, 0.1) is 0 Å². The number of rotatable bonds is 3. The molecule has 0 fully saturated rings. The zero-order valence-electron chi connectivity index (χ0n) is 8.00. The molecule has 4 heteroatoms. The molecule has 0 aliphatic rings. The van der Waals surface area contributed by atoms with Crippen LogP contribution in [0.2, 0.25) is 0 Å². The summed E-state index contributed by atoms with van der Waals surface area (Å²) in [6.07, 6.45) is 0.892. The zero-order chi connectivity index (χ0) is 10.6. The fourth-order valence-corrected chi connectivity index (χ4v) is 1.12. The number of hydrogen-bond acceptors (Lipinski definition) is 2. The van der Waals surface area contributed by atoms with Crippen molar-refractivity contribution in [1.82, 2.24) is 0 Å². The van der Waals surface area contributed by atoms with Gasteiger partial charge in [-0.25, -0.2) is 4.99 Å². The Morgan fingerprint density at radius 2 is 2.29 bits per heavy atom. The third-order valence-electron chi connectivity index (χ3n) is 1.85. The smallest absolute Gasteiger partial charge is 0.141 e. The van der Waals surface area contributed by atoms with Crippen LogP contribution in [0.25, 0.3) is 0 Å². The normalized spacial score (nSPS) is 11.7. The van der Waals surface area contributed by atoms with E-state index in [4.69, 9.17) is 17.3 Å². The summed E-state index contributed by atoms with van der Waals surface area (Å²) in [5.41, 5.74) is 7.05. The first-order valence-electron chi connectivity index (χ1n) is 4.38. The molecule has 0 atom stereocenters. The first-order chi connectivity index (χ1) is 6.67. The van der Waals surface area contributed by atoms with E-state index in [1.807, 2.05) is 13.0 Å². The van der Waals surface area contributed by atoms with Crippen molar-refractivity contribution in [3.05, 3.63) is 23.8 Å². The molecule has 0 aromatic heterocycles. The second kappa shape index (κ2) is 4.86. The van der Waals surface area contributed by atoms with E-state index in [9.17, 15) is 5.11 Å². The second-order valence-corrected chi connectivity index (χ2v) is 3.18. The van der Waals surface area contributed by atoms with Gasteiger partial charge in [-0.15, -0.1) is 11.6 Å². The molecule has 0 heterocycles. The van der Waals surface area contributed by atoms with Gasteiger partial charge < -0.3 is 10.8 Å². The summed E-state index contributed by atoms with van der Waals surface area (Å²) in [6.45, 7) is 2.03. The zero-order valence-corrected chi connectivity index (χ0v) is 8.75. The molecule has 0 amide bonds. The molecule has 0 bridgehead atoms. The molecule has 76 valence electrons. The summed E-state index contributed by atoms with van der Waals surface area (Å²) in [7, 11) is 0. The van der Waals surface area contributed by atoms with Crippen molar-refractivity contribution in [3.63, 3.8) is 0 Å². The van der Waals surface area contributed by atoms with Crippen LogP contribution < -0.4 is 5.73 Å². The Kier molecular flexibility index (Phi) is 3.77. The molecular formula is C10H13ClN2O. The van der Waals surface area contributed by atoms with Gasteiger partial charge in [-0.05, 0) is 24.1 Å².